The Labute approximate surface area is 98.4 Å². The van der Waals surface area contributed by atoms with Gasteiger partial charge in [-0.1, -0.05) is 22.0 Å². The quantitative estimate of drug-likeness (QED) is 0.915. The van der Waals surface area contributed by atoms with E-state index in [1.165, 1.54) is 12.1 Å². The summed E-state index contributed by atoms with van der Waals surface area (Å²) < 4.78 is 13.7. The molecule has 2 N–H and O–H groups in total. The Balaban J connectivity index is 2.86. The number of rotatable bonds is 4. The molecule has 0 spiro atoms. The number of nitrogens with zero attached hydrogens (tertiary/aromatic N) is 1. The van der Waals surface area contributed by atoms with Crippen molar-refractivity contribution in [2.24, 2.45) is 5.73 Å². The minimum absolute atomic E-state index is 0.223. The second kappa shape index (κ2) is 5.58. The molecule has 0 radical (unpaired) electrons. The maximum Gasteiger partial charge on any atom is 0.124 e. The molecule has 0 aromatic heterocycles. The highest BCUT2D eigenvalue weighted by Crippen LogP contribution is 2.27. The lowest BCUT2D eigenvalue weighted by molar-refractivity contribution is 0.268. The monoisotopic (exact) mass is 274 g/mol. The topological polar surface area (TPSA) is 29.3 Å². The molecule has 15 heavy (non-hydrogen) atoms. The van der Waals surface area contributed by atoms with Gasteiger partial charge in [0.15, 0.2) is 0 Å². The smallest absolute Gasteiger partial charge is 0.124 e. The number of nitrogens with two attached hydrogens (primary N) is 1. The third-order valence-corrected chi connectivity index (χ3v) is 3.24. The minimum Gasteiger partial charge on any atom is -0.329 e. The summed E-state index contributed by atoms with van der Waals surface area (Å²) in [6.45, 7) is 3.53. The van der Waals surface area contributed by atoms with Crippen LogP contribution in [0.4, 0.5) is 4.39 Å². The molecule has 0 fully saturated rings. The van der Waals surface area contributed by atoms with Crippen molar-refractivity contribution < 1.29 is 4.39 Å². The zero-order valence-electron chi connectivity index (χ0n) is 9.00. The average Bonchev–Trinajstić information content (AvgIpc) is 2.17. The first-order chi connectivity index (χ1) is 7.06. The van der Waals surface area contributed by atoms with Gasteiger partial charge in [-0.15, -0.1) is 0 Å². The van der Waals surface area contributed by atoms with E-state index in [0.29, 0.717) is 6.54 Å². The first-order valence-electron chi connectivity index (χ1n) is 4.91. The molecular formula is C11H16BrFN2. The van der Waals surface area contributed by atoms with Gasteiger partial charge in [-0.2, -0.15) is 0 Å². The predicted octanol–water partition coefficient (Wildman–Crippen LogP) is 2.54. The van der Waals surface area contributed by atoms with Gasteiger partial charge in [-0.3, -0.25) is 4.90 Å². The molecule has 0 aliphatic rings. The molecule has 84 valence electrons. The SMILES string of the molecule is CC(c1ccc(F)cc1Br)N(C)CCN. The van der Waals surface area contributed by atoms with E-state index in [9.17, 15) is 4.39 Å². The fourth-order valence-corrected chi connectivity index (χ4v) is 2.16. The van der Waals surface area contributed by atoms with Crippen LogP contribution in [-0.2, 0) is 0 Å². The second-order valence-corrected chi connectivity index (χ2v) is 4.47. The van der Waals surface area contributed by atoms with Gasteiger partial charge < -0.3 is 5.73 Å². The average molecular weight is 275 g/mol. The highest BCUT2D eigenvalue weighted by molar-refractivity contribution is 9.10. The lowest BCUT2D eigenvalue weighted by Crippen LogP contribution is -2.28. The lowest BCUT2D eigenvalue weighted by Gasteiger charge is -2.25. The van der Waals surface area contributed by atoms with E-state index in [-0.39, 0.29) is 11.9 Å². The van der Waals surface area contributed by atoms with Gasteiger partial charge in [-0.05, 0) is 31.7 Å². The molecule has 0 bridgehead atoms. The van der Waals surface area contributed by atoms with E-state index in [1.54, 1.807) is 6.07 Å². The molecule has 0 aliphatic carbocycles. The highest BCUT2D eigenvalue weighted by atomic mass is 79.9. The van der Waals surface area contributed by atoms with E-state index in [4.69, 9.17) is 5.73 Å². The molecule has 1 aromatic carbocycles. The van der Waals surface area contributed by atoms with Crippen molar-refractivity contribution in [1.82, 2.24) is 4.90 Å². The van der Waals surface area contributed by atoms with Crippen LogP contribution in [0.1, 0.15) is 18.5 Å². The van der Waals surface area contributed by atoms with Gasteiger partial charge in [0.2, 0.25) is 0 Å². The Bertz CT molecular complexity index is 330. The molecule has 1 unspecified atom stereocenters. The van der Waals surface area contributed by atoms with E-state index in [1.807, 2.05) is 7.05 Å². The molecule has 4 heteroatoms. The molecule has 0 heterocycles. The first-order valence-corrected chi connectivity index (χ1v) is 5.70. The van der Waals surface area contributed by atoms with Crippen LogP contribution in [0.25, 0.3) is 0 Å². The summed E-state index contributed by atoms with van der Waals surface area (Å²) in [7, 11) is 2.01. The van der Waals surface area contributed by atoms with Crippen molar-refractivity contribution in [1.29, 1.82) is 0 Å². The van der Waals surface area contributed by atoms with Crippen LogP contribution in [0.2, 0.25) is 0 Å². The standard InChI is InChI=1S/C11H16BrFN2/c1-8(15(2)6-5-14)10-4-3-9(13)7-11(10)12/h3-4,7-8H,5-6,14H2,1-2H3. The number of halogens is 2. The van der Waals surface area contributed by atoms with Gasteiger partial charge in [0, 0.05) is 23.6 Å². The molecular weight excluding hydrogens is 259 g/mol. The number of hydrogen-bond donors (Lipinski definition) is 1. The second-order valence-electron chi connectivity index (χ2n) is 3.61. The highest BCUT2D eigenvalue weighted by Gasteiger charge is 2.13. The van der Waals surface area contributed by atoms with Gasteiger partial charge in [0.1, 0.15) is 5.82 Å². The number of benzene rings is 1. The van der Waals surface area contributed by atoms with Crippen molar-refractivity contribution in [2.45, 2.75) is 13.0 Å². The molecule has 0 saturated carbocycles. The Morgan fingerprint density at radius 2 is 2.20 bits per heavy atom. The van der Waals surface area contributed by atoms with Crippen molar-refractivity contribution in [3.63, 3.8) is 0 Å². The summed E-state index contributed by atoms with van der Waals surface area (Å²) in [5, 5.41) is 0. The molecule has 0 saturated heterocycles. The maximum atomic E-state index is 12.9. The normalized spacial score (nSPS) is 13.2. The Kier molecular flexibility index (Phi) is 4.70. The van der Waals surface area contributed by atoms with Gasteiger partial charge in [0.05, 0.1) is 0 Å². The van der Waals surface area contributed by atoms with Gasteiger partial charge in [0.25, 0.3) is 0 Å². The summed E-state index contributed by atoms with van der Waals surface area (Å²) in [6.07, 6.45) is 0. The molecule has 0 aliphatic heterocycles. The largest absolute Gasteiger partial charge is 0.329 e. The van der Waals surface area contributed by atoms with Crippen molar-refractivity contribution in [3.8, 4) is 0 Å². The van der Waals surface area contributed by atoms with Crippen molar-refractivity contribution >= 4 is 15.9 Å². The lowest BCUT2D eigenvalue weighted by atomic mass is 10.1. The van der Waals surface area contributed by atoms with Crippen LogP contribution in [0.3, 0.4) is 0 Å². The number of hydrogen-bond acceptors (Lipinski definition) is 2. The molecule has 1 atom stereocenters. The maximum absolute atomic E-state index is 12.9. The number of likely N-dealkylation sites (N-methyl/N-ethyl adjacent to an activating group) is 1. The van der Waals surface area contributed by atoms with Crippen LogP contribution in [0, 0.1) is 5.82 Å². The molecule has 1 rings (SSSR count). The fraction of sp³-hybridized carbons (Fsp3) is 0.455. The Hall–Kier alpha value is -0.450. The summed E-state index contributed by atoms with van der Waals surface area (Å²) in [5.74, 6) is -0.223. The summed E-state index contributed by atoms with van der Waals surface area (Å²) in [6, 6.07) is 5.00. The predicted molar refractivity (Wildman–Crippen MR) is 64.2 cm³/mol. The molecule has 2 nitrogen and oxygen atoms in total. The summed E-state index contributed by atoms with van der Waals surface area (Å²) >= 11 is 3.37. The third-order valence-electron chi connectivity index (χ3n) is 2.56. The fourth-order valence-electron chi connectivity index (χ4n) is 1.48. The van der Waals surface area contributed by atoms with Gasteiger partial charge >= 0.3 is 0 Å². The summed E-state index contributed by atoms with van der Waals surface area (Å²) in [5.41, 5.74) is 6.57. The zero-order valence-corrected chi connectivity index (χ0v) is 10.6. The van der Waals surface area contributed by atoms with Crippen molar-refractivity contribution in [2.75, 3.05) is 20.1 Å². The van der Waals surface area contributed by atoms with Crippen LogP contribution < -0.4 is 5.73 Å². The molecule has 0 amide bonds. The van der Waals surface area contributed by atoms with E-state index < -0.39 is 0 Å². The Morgan fingerprint density at radius 3 is 2.73 bits per heavy atom. The van der Waals surface area contributed by atoms with E-state index in [0.717, 1.165) is 16.6 Å². The Morgan fingerprint density at radius 1 is 1.53 bits per heavy atom. The first kappa shape index (κ1) is 12.6. The van der Waals surface area contributed by atoms with E-state index >= 15 is 0 Å². The summed E-state index contributed by atoms with van der Waals surface area (Å²) in [4.78, 5) is 2.14. The van der Waals surface area contributed by atoms with Gasteiger partial charge in [-0.25, -0.2) is 4.39 Å². The van der Waals surface area contributed by atoms with Crippen LogP contribution in [0.15, 0.2) is 22.7 Å². The van der Waals surface area contributed by atoms with Crippen LogP contribution in [-0.4, -0.2) is 25.0 Å². The van der Waals surface area contributed by atoms with Crippen LogP contribution in [0.5, 0.6) is 0 Å². The zero-order chi connectivity index (χ0) is 11.4. The van der Waals surface area contributed by atoms with E-state index in [2.05, 4.69) is 27.8 Å². The van der Waals surface area contributed by atoms with Crippen molar-refractivity contribution in [3.05, 3.63) is 34.1 Å². The molecule has 1 aromatic rings. The minimum atomic E-state index is -0.223. The van der Waals surface area contributed by atoms with Crippen LogP contribution >= 0.6 is 15.9 Å². The third kappa shape index (κ3) is 3.26.